The van der Waals surface area contributed by atoms with Crippen LogP contribution in [0.15, 0.2) is 42.9 Å². The second-order valence-corrected chi connectivity index (χ2v) is 9.18. The Morgan fingerprint density at radius 1 is 1.29 bits per heavy atom. The van der Waals surface area contributed by atoms with Crippen LogP contribution in [0.4, 0.5) is 4.39 Å². The molecule has 0 spiro atoms. The number of carboxylic acids is 1. The molecule has 1 aliphatic rings. The Morgan fingerprint density at radius 3 is 2.88 bits per heavy atom. The third-order valence-corrected chi connectivity index (χ3v) is 7.06. The minimum absolute atomic E-state index is 0.0239. The van der Waals surface area contributed by atoms with E-state index in [4.69, 9.17) is 4.74 Å². The van der Waals surface area contributed by atoms with Crippen molar-refractivity contribution in [2.24, 2.45) is 18.9 Å². The van der Waals surface area contributed by atoms with Crippen molar-refractivity contribution < 1.29 is 19.0 Å². The molecule has 0 aliphatic carbocycles. The molecule has 3 aromatic rings. The Kier molecular flexibility index (Phi) is 7.77. The molecule has 1 saturated heterocycles. The quantitative estimate of drug-likeness (QED) is 0.474. The van der Waals surface area contributed by atoms with Crippen LogP contribution >= 0.6 is 0 Å². The SMILES string of the molecule is COc1ccc2nccc([C@@H](F)CC[C@@H]3CCN(CCCc4nccn4C)C[C@@H]3C(=O)O)c2c1. The number of aliphatic carboxylic acids is 1. The minimum atomic E-state index is -1.18. The largest absolute Gasteiger partial charge is 0.497 e. The van der Waals surface area contributed by atoms with Gasteiger partial charge < -0.3 is 19.3 Å². The number of benzene rings is 1. The first-order valence-electron chi connectivity index (χ1n) is 11.9. The molecule has 1 N–H and O–H groups in total. The first kappa shape index (κ1) is 24.1. The fourth-order valence-corrected chi connectivity index (χ4v) is 5.06. The lowest BCUT2D eigenvalue weighted by atomic mass is 9.81. The van der Waals surface area contributed by atoms with Crippen LogP contribution in [0, 0.1) is 11.8 Å². The molecule has 1 fully saturated rings. The van der Waals surface area contributed by atoms with Crippen molar-refractivity contribution in [3.05, 3.63) is 54.2 Å². The van der Waals surface area contributed by atoms with E-state index >= 15 is 4.39 Å². The monoisotopic (exact) mass is 468 g/mol. The van der Waals surface area contributed by atoms with Crippen molar-refractivity contribution in [2.45, 2.75) is 38.3 Å². The molecule has 3 heterocycles. The second kappa shape index (κ2) is 11.0. The van der Waals surface area contributed by atoms with Crippen LogP contribution in [0.1, 0.15) is 43.2 Å². The number of carbonyl (C=O) groups is 1. The average molecular weight is 469 g/mol. The van der Waals surface area contributed by atoms with Crippen molar-refractivity contribution >= 4 is 16.9 Å². The zero-order valence-corrected chi connectivity index (χ0v) is 19.9. The van der Waals surface area contributed by atoms with E-state index in [1.807, 2.05) is 36.0 Å². The van der Waals surface area contributed by atoms with Crippen molar-refractivity contribution in [2.75, 3.05) is 26.7 Å². The van der Waals surface area contributed by atoms with E-state index in [0.29, 0.717) is 30.7 Å². The summed E-state index contributed by atoms with van der Waals surface area (Å²) in [6.07, 6.45) is 7.61. The number of nitrogens with zero attached hydrogens (tertiary/aromatic N) is 4. The molecular weight excluding hydrogens is 435 g/mol. The van der Waals surface area contributed by atoms with E-state index in [9.17, 15) is 9.90 Å². The lowest BCUT2D eigenvalue weighted by Crippen LogP contribution is -2.44. The molecule has 1 aromatic carbocycles. The molecule has 0 bridgehead atoms. The summed E-state index contributed by atoms with van der Waals surface area (Å²) < 4.78 is 22.7. The first-order chi connectivity index (χ1) is 16.5. The van der Waals surface area contributed by atoms with Crippen molar-refractivity contribution in [1.82, 2.24) is 19.4 Å². The van der Waals surface area contributed by atoms with Gasteiger partial charge in [0.25, 0.3) is 0 Å². The lowest BCUT2D eigenvalue weighted by molar-refractivity contribution is -0.146. The Hall–Kier alpha value is -3.00. The number of hydrogen-bond donors (Lipinski definition) is 1. The Bertz CT molecular complexity index is 1120. The lowest BCUT2D eigenvalue weighted by Gasteiger charge is -2.36. The maximum absolute atomic E-state index is 15.4. The maximum atomic E-state index is 15.4. The van der Waals surface area contributed by atoms with Gasteiger partial charge in [0, 0.05) is 44.0 Å². The molecule has 0 saturated carbocycles. The number of piperidine rings is 1. The summed E-state index contributed by atoms with van der Waals surface area (Å²) >= 11 is 0. The zero-order valence-electron chi connectivity index (χ0n) is 19.9. The summed E-state index contributed by atoms with van der Waals surface area (Å²) in [5, 5.41) is 10.6. The standard InChI is InChI=1S/C26H33FN4O3/c1-30-15-12-29-25(30)4-3-13-31-14-10-18(22(17-31)26(32)33)5-7-23(27)20-9-11-28-24-8-6-19(34-2)16-21(20)24/h6,8-9,11-12,15-16,18,22-23H,3-5,7,10,13-14,17H2,1-2H3,(H,32,33)/t18-,22+,23+/m1/s1. The van der Waals surface area contributed by atoms with E-state index in [1.54, 1.807) is 25.6 Å². The minimum Gasteiger partial charge on any atom is -0.497 e. The number of ether oxygens (including phenoxy) is 1. The fraction of sp³-hybridized carbons (Fsp3) is 0.500. The van der Waals surface area contributed by atoms with Gasteiger partial charge in [-0.2, -0.15) is 0 Å². The summed E-state index contributed by atoms with van der Waals surface area (Å²) in [5.74, 6) is 0.427. The van der Waals surface area contributed by atoms with Gasteiger partial charge in [0.15, 0.2) is 0 Å². The number of aryl methyl sites for hydroxylation is 2. The predicted molar refractivity (Wildman–Crippen MR) is 129 cm³/mol. The van der Waals surface area contributed by atoms with Crippen LogP contribution in [-0.4, -0.2) is 57.3 Å². The van der Waals surface area contributed by atoms with E-state index in [-0.39, 0.29) is 5.92 Å². The number of pyridine rings is 1. The highest BCUT2D eigenvalue weighted by atomic mass is 19.1. The van der Waals surface area contributed by atoms with Crippen molar-refractivity contribution in [1.29, 1.82) is 0 Å². The summed E-state index contributed by atoms with van der Waals surface area (Å²) in [7, 11) is 3.57. The molecule has 3 atom stereocenters. The van der Waals surface area contributed by atoms with Crippen LogP contribution in [0.2, 0.25) is 0 Å². The Morgan fingerprint density at radius 2 is 2.15 bits per heavy atom. The Balaban J connectivity index is 1.34. The van der Waals surface area contributed by atoms with Crippen LogP contribution < -0.4 is 4.74 Å². The van der Waals surface area contributed by atoms with E-state index in [1.165, 1.54) is 0 Å². The van der Waals surface area contributed by atoms with Gasteiger partial charge in [-0.15, -0.1) is 0 Å². The molecule has 4 rings (SSSR count). The number of imidazole rings is 1. The summed E-state index contributed by atoms with van der Waals surface area (Å²) in [4.78, 5) is 22.9. The molecule has 1 aliphatic heterocycles. The van der Waals surface area contributed by atoms with Gasteiger partial charge in [-0.1, -0.05) is 0 Å². The van der Waals surface area contributed by atoms with Crippen molar-refractivity contribution in [3.8, 4) is 5.75 Å². The molecule has 0 unspecified atom stereocenters. The zero-order chi connectivity index (χ0) is 24.1. The van der Waals surface area contributed by atoms with Crippen molar-refractivity contribution in [3.63, 3.8) is 0 Å². The van der Waals surface area contributed by atoms with Crippen LogP contribution in [0.3, 0.4) is 0 Å². The third-order valence-electron chi connectivity index (χ3n) is 7.06. The first-order valence-corrected chi connectivity index (χ1v) is 11.9. The normalized spacial score (nSPS) is 19.9. The number of likely N-dealkylation sites (tertiary alicyclic amines) is 1. The number of halogens is 1. The number of alkyl halides is 1. The van der Waals surface area contributed by atoms with Gasteiger partial charge in [-0.3, -0.25) is 9.78 Å². The Labute approximate surface area is 199 Å². The molecule has 7 nitrogen and oxygen atoms in total. The number of rotatable bonds is 10. The van der Waals surface area contributed by atoms with E-state index in [0.717, 1.165) is 49.1 Å². The molecule has 182 valence electrons. The molecule has 8 heteroatoms. The number of carboxylic acid groups (broad SMARTS) is 1. The molecular formula is C26H33FN4O3. The highest BCUT2D eigenvalue weighted by Crippen LogP contribution is 2.35. The highest BCUT2D eigenvalue weighted by Gasteiger charge is 2.34. The topological polar surface area (TPSA) is 80.5 Å². The van der Waals surface area contributed by atoms with E-state index < -0.39 is 18.1 Å². The third kappa shape index (κ3) is 5.55. The van der Waals surface area contributed by atoms with Gasteiger partial charge in [0.2, 0.25) is 0 Å². The smallest absolute Gasteiger partial charge is 0.308 e. The molecule has 2 aromatic heterocycles. The van der Waals surface area contributed by atoms with E-state index in [2.05, 4.69) is 14.9 Å². The fourth-order valence-electron chi connectivity index (χ4n) is 5.06. The van der Waals surface area contributed by atoms with Crippen LogP contribution in [-0.2, 0) is 18.3 Å². The molecule has 0 amide bonds. The van der Waals surface area contributed by atoms with Gasteiger partial charge in [-0.05, 0) is 74.5 Å². The second-order valence-electron chi connectivity index (χ2n) is 9.18. The highest BCUT2D eigenvalue weighted by molar-refractivity contribution is 5.83. The molecule has 34 heavy (non-hydrogen) atoms. The van der Waals surface area contributed by atoms with Crippen LogP contribution in [0.5, 0.6) is 5.75 Å². The number of fused-ring (bicyclic) bond motifs is 1. The predicted octanol–water partition coefficient (Wildman–Crippen LogP) is 4.42. The number of aromatic nitrogens is 3. The van der Waals surface area contributed by atoms with Gasteiger partial charge in [-0.25, -0.2) is 9.37 Å². The summed E-state index contributed by atoms with van der Waals surface area (Å²) in [6, 6.07) is 7.17. The van der Waals surface area contributed by atoms with Crippen LogP contribution in [0.25, 0.3) is 10.9 Å². The summed E-state index contributed by atoms with van der Waals surface area (Å²) in [5.41, 5.74) is 1.31. The maximum Gasteiger partial charge on any atom is 0.308 e. The average Bonchev–Trinajstić information content (AvgIpc) is 3.26. The number of methoxy groups -OCH3 is 1. The van der Waals surface area contributed by atoms with Gasteiger partial charge in [0.05, 0.1) is 18.5 Å². The molecule has 0 radical (unpaired) electrons. The van der Waals surface area contributed by atoms with Gasteiger partial charge in [0.1, 0.15) is 17.7 Å². The summed E-state index contributed by atoms with van der Waals surface area (Å²) in [6.45, 7) is 2.22. The number of hydrogen-bond acceptors (Lipinski definition) is 5. The van der Waals surface area contributed by atoms with Gasteiger partial charge >= 0.3 is 5.97 Å².